The molecule has 1 amide bonds. The number of hydrogen-bond acceptors (Lipinski definition) is 6. The maximum Gasteiger partial charge on any atom is 0.302 e. The second-order valence-electron chi connectivity index (χ2n) is 6.10. The van der Waals surface area contributed by atoms with Gasteiger partial charge in [0.25, 0.3) is 5.78 Å². The van der Waals surface area contributed by atoms with Gasteiger partial charge >= 0.3 is 5.91 Å². The van der Waals surface area contributed by atoms with Crippen LogP contribution in [0.4, 0.5) is 5.95 Å². The van der Waals surface area contributed by atoms with E-state index in [2.05, 4.69) is 9.97 Å². The molecule has 7 nitrogen and oxygen atoms in total. The fraction of sp³-hybridized carbons (Fsp3) is 0.100. The summed E-state index contributed by atoms with van der Waals surface area (Å²) in [5.74, 6) is -1.52. The Balaban J connectivity index is 1.92. The number of aliphatic hydroxyl groups is 1. The van der Waals surface area contributed by atoms with Crippen LogP contribution in [0.3, 0.4) is 0 Å². The molecule has 1 aliphatic rings. The molecule has 1 aliphatic heterocycles. The third kappa shape index (κ3) is 2.79. The lowest BCUT2D eigenvalue weighted by atomic mass is 9.99. The van der Waals surface area contributed by atoms with E-state index in [1.165, 1.54) is 18.7 Å². The highest BCUT2D eigenvalue weighted by atomic mass is 16.3. The van der Waals surface area contributed by atoms with Crippen LogP contribution < -0.4 is 4.90 Å². The summed E-state index contributed by atoms with van der Waals surface area (Å²) in [5, 5.41) is 10.8. The second-order valence-corrected chi connectivity index (χ2v) is 6.10. The minimum absolute atomic E-state index is 0.0592. The summed E-state index contributed by atoms with van der Waals surface area (Å²) in [6.45, 7) is 1.92. The number of furan rings is 1. The number of benzene rings is 1. The number of Topliss-reactive ketones (excluding diaryl/α,β-unsaturated/α-hetero) is 1. The first-order valence-corrected chi connectivity index (χ1v) is 8.26. The zero-order chi connectivity index (χ0) is 19.0. The highest BCUT2D eigenvalue weighted by molar-refractivity contribution is 6.51. The summed E-state index contributed by atoms with van der Waals surface area (Å²) in [6, 6.07) is 10.9. The summed E-state index contributed by atoms with van der Waals surface area (Å²) in [5.41, 5.74) is 1.38. The predicted molar refractivity (Wildman–Crippen MR) is 96.7 cm³/mol. The largest absolute Gasteiger partial charge is 0.507 e. The number of aliphatic hydroxyl groups excluding tert-OH is 1. The van der Waals surface area contributed by atoms with Gasteiger partial charge in [-0.1, -0.05) is 29.8 Å². The van der Waals surface area contributed by atoms with Gasteiger partial charge in [-0.05, 0) is 25.1 Å². The van der Waals surface area contributed by atoms with Gasteiger partial charge in [0.1, 0.15) is 17.6 Å². The molecule has 3 aromatic rings. The molecule has 3 heterocycles. The number of carbonyl (C=O) groups excluding carboxylic acids is 2. The van der Waals surface area contributed by atoms with Crippen LogP contribution in [0.2, 0.25) is 0 Å². The standard InChI is InChI=1S/C20H15N3O4/c1-12-5-7-13(8-6-12)17(24)15-16(14-4-2-11-27-14)23(19(26)18(15)25)20-21-9-3-10-22-20/h2-11,16,24H,1H3/b17-15-. The van der Waals surface area contributed by atoms with Crippen molar-refractivity contribution >= 4 is 23.4 Å². The second kappa shape index (κ2) is 6.53. The smallest absolute Gasteiger partial charge is 0.302 e. The Morgan fingerprint density at radius 3 is 2.41 bits per heavy atom. The van der Waals surface area contributed by atoms with Crippen LogP contribution in [0, 0.1) is 6.92 Å². The molecule has 0 radical (unpaired) electrons. The SMILES string of the molecule is Cc1ccc(/C(O)=C2/C(=O)C(=O)N(c3ncccn3)C2c2ccco2)cc1. The predicted octanol–water partition coefficient (Wildman–Crippen LogP) is 3.00. The number of hydrogen-bond donors (Lipinski definition) is 1. The third-order valence-corrected chi connectivity index (χ3v) is 4.35. The van der Waals surface area contributed by atoms with E-state index >= 15 is 0 Å². The molecular formula is C20H15N3O4. The molecule has 1 N–H and O–H groups in total. The van der Waals surface area contributed by atoms with Crippen molar-refractivity contribution in [2.45, 2.75) is 13.0 Å². The number of amides is 1. The lowest BCUT2D eigenvalue weighted by Crippen LogP contribution is -2.30. The van der Waals surface area contributed by atoms with E-state index in [9.17, 15) is 14.7 Å². The van der Waals surface area contributed by atoms with E-state index in [0.717, 1.165) is 10.5 Å². The molecule has 7 heteroatoms. The minimum atomic E-state index is -0.955. The van der Waals surface area contributed by atoms with Gasteiger partial charge in [0.2, 0.25) is 5.95 Å². The van der Waals surface area contributed by atoms with Crippen LogP contribution in [0.25, 0.3) is 5.76 Å². The number of carbonyl (C=O) groups is 2. The molecule has 0 spiro atoms. The fourth-order valence-corrected chi connectivity index (χ4v) is 3.04. The average molecular weight is 361 g/mol. The number of ketones is 1. The van der Waals surface area contributed by atoms with E-state index in [-0.39, 0.29) is 17.3 Å². The Morgan fingerprint density at radius 1 is 1.07 bits per heavy atom. The van der Waals surface area contributed by atoms with Gasteiger partial charge in [-0.2, -0.15) is 0 Å². The van der Waals surface area contributed by atoms with Crippen molar-refractivity contribution in [3.8, 4) is 0 Å². The number of nitrogens with zero attached hydrogens (tertiary/aromatic N) is 3. The Kier molecular flexibility index (Phi) is 4.04. The highest BCUT2D eigenvalue weighted by Crippen LogP contribution is 2.40. The minimum Gasteiger partial charge on any atom is -0.507 e. The van der Waals surface area contributed by atoms with Crippen molar-refractivity contribution in [2.75, 3.05) is 4.90 Å². The van der Waals surface area contributed by atoms with Gasteiger partial charge in [0.05, 0.1) is 11.8 Å². The van der Waals surface area contributed by atoms with Gasteiger partial charge in [-0.15, -0.1) is 0 Å². The summed E-state index contributed by atoms with van der Waals surface area (Å²) in [4.78, 5) is 34.8. The van der Waals surface area contributed by atoms with Gasteiger partial charge in [-0.3, -0.25) is 14.5 Å². The number of aromatic nitrogens is 2. The Hall–Kier alpha value is -3.74. The Bertz CT molecular complexity index is 1020. The van der Waals surface area contributed by atoms with Crippen molar-refractivity contribution in [1.29, 1.82) is 0 Å². The van der Waals surface area contributed by atoms with Gasteiger partial charge in [0.15, 0.2) is 0 Å². The van der Waals surface area contributed by atoms with Crippen molar-refractivity contribution in [1.82, 2.24) is 9.97 Å². The number of anilines is 1. The molecule has 1 saturated heterocycles. The molecule has 1 unspecified atom stereocenters. The Morgan fingerprint density at radius 2 is 1.78 bits per heavy atom. The van der Waals surface area contributed by atoms with Gasteiger partial charge in [-0.25, -0.2) is 9.97 Å². The monoisotopic (exact) mass is 361 g/mol. The van der Waals surface area contributed by atoms with Crippen LogP contribution in [0.1, 0.15) is 22.9 Å². The molecular weight excluding hydrogens is 346 g/mol. The number of rotatable bonds is 3. The van der Waals surface area contributed by atoms with E-state index in [4.69, 9.17) is 4.42 Å². The van der Waals surface area contributed by atoms with Crippen molar-refractivity contribution in [3.63, 3.8) is 0 Å². The first-order chi connectivity index (χ1) is 13.1. The summed E-state index contributed by atoms with van der Waals surface area (Å²) in [7, 11) is 0. The zero-order valence-electron chi connectivity index (χ0n) is 14.4. The summed E-state index contributed by atoms with van der Waals surface area (Å²) in [6.07, 6.45) is 4.38. The van der Waals surface area contributed by atoms with Crippen LogP contribution in [0.15, 0.2) is 71.1 Å². The Labute approximate surface area is 154 Å². The van der Waals surface area contributed by atoms with Crippen LogP contribution in [-0.4, -0.2) is 26.8 Å². The van der Waals surface area contributed by atoms with Crippen LogP contribution >= 0.6 is 0 Å². The molecule has 0 aliphatic carbocycles. The van der Waals surface area contributed by atoms with Crippen molar-refractivity contribution in [3.05, 3.63) is 83.6 Å². The van der Waals surface area contributed by atoms with E-state index < -0.39 is 17.7 Å². The first kappa shape index (κ1) is 16.7. The lowest BCUT2D eigenvalue weighted by molar-refractivity contribution is -0.132. The quantitative estimate of drug-likeness (QED) is 0.438. The third-order valence-electron chi connectivity index (χ3n) is 4.35. The van der Waals surface area contributed by atoms with Crippen molar-refractivity contribution in [2.24, 2.45) is 0 Å². The zero-order valence-corrected chi connectivity index (χ0v) is 14.4. The van der Waals surface area contributed by atoms with E-state index in [1.807, 2.05) is 19.1 Å². The summed E-state index contributed by atoms with van der Waals surface area (Å²) >= 11 is 0. The maximum atomic E-state index is 12.8. The van der Waals surface area contributed by atoms with Gasteiger partial charge < -0.3 is 9.52 Å². The lowest BCUT2D eigenvalue weighted by Gasteiger charge is -2.21. The molecule has 134 valence electrons. The molecule has 4 rings (SSSR count). The molecule has 1 atom stereocenters. The van der Waals surface area contributed by atoms with Crippen molar-refractivity contribution < 1.29 is 19.1 Å². The molecule has 2 aromatic heterocycles. The van der Waals surface area contributed by atoms with E-state index in [0.29, 0.717) is 11.3 Å². The molecule has 0 saturated carbocycles. The normalized spacial score (nSPS) is 18.9. The first-order valence-electron chi connectivity index (χ1n) is 8.26. The van der Waals surface area contributed by atoms with E-state index in [1.54, 1.807) is 30.3 Å². The van der Waals surface area contributed by atoms with Crippen LogP contribution in [-0.2, 0) is 9.59 Å². The summed E-state index contributed by atoms with van der Waals surface area (Å²) < 4.78 is 5.45. The van der Waals surface area contributed by atoms with Gasteiger partial charge in [0, 0.05) is 18.0 Å². The fourth-order valence-electron chi connectivity index (χ4n) is 3.04. The topological polar surface area (TPSA) is 96.5 Å². The van der Waals surface area contributed by atoms with Crippen LogP contribution in [0.5, 0.6) is 0 Å². The molecule has 1 aromatic carbocycles. The molecule has 1 fully saturated rings. The highest BCUT2D eigenvalue weighted by Gasteiger charge is 2.49. The average Bonchev–Trinajstić information content (AvgIpc) is 3.30. The molecule has 27 heavy (non-hydrogen) atoms. The number of aryl methyl sites for hydroxylation is 1. The molecule has 0 bridgehead atoms. The maximum absolute atomic E-state index is 12.8.